The third-order valence-corrected chi connectivity index (χ3v) is 5.49. The number of sulfonamides is 1. The highest BCUT2D eigenvalue weighted by atomic mass is 35.5. The number of benzene rings is 2. The summed E-state index contributed by atoms with van der Waals surface area (Å²) < 4.78 is 27.1. The largest absolute Gasteiger partial charge is 0.349 e. The molecule has 0 saturated heterocycles. The number of halogens is 1. The van der Waals surface area contributed by atoms with E-state index < -0.39 is 14.9 Å². The Hall–Kier alpha value is -2.20. The van der Waals surface area contributed by atoms with Crippen LogP contribution in [0.25, 0.3) is 0 Å². The first-order valence-electron chi connectivity index (χ1n) is 8.06. The summed E-state index contributed by atoms with van der Waals surface area (Å²) in [5, 5.41) is 14.7. The van der Waals surface area contributed by atoms with Crippen LogP contribution in [0.5, 0.6) is 0 Å². The normalized spacial score (nSPS) is 11.6. The Labute approximate surface area is 163 Å². The van der Waals surface area contributed by atoms with E-state index in [0.29, 0.717) is 17.3 Å². The van der Waals surface area contributed by atoms with Gasteiger partial charge in [-0.15, -0.1) is 0 Å². The van der Waals surface area contributed by atoms with Crippen LogP contribution in [0, 0.1) is 17.0 Å². The average molecular weight is 413 g/mol. The Morgan fingerprint density at radius 2 is 1.81 bits per heavy atom. The van der Waals surface area contributed by atoms with Crippen molar-refractivity contribution in [2.45, 2.75) is 11.8 Å². The van der Waals surface area contributed by atoms with Gasteiger partial charge in [0, 0.05) is 19.2 Å². The molecule has 2 aromatic rings. The van der Waals surface area contributed by atoms with Gasteiger partial charge in [0.1, 0.15) is 5.69 Å². The van der Waals surface area contributed by atoms with Crippen LogP contribution in [0.2, 0.25) is 5.02 Å². The summed E-state index contributed by atoms with van der Waals surface area (Å²) >= 11 is 6.16. The highest BCUT2D eigenvalue weighted by molar-refractivity contribution is 7.89. The van der Waals surface area contributed by atoms with E-state index in [1.165, 1.54) is 12.1 Å². The maximum Gasteiger partial charge on any atom is 0.294 e. The molecule has 2 aromatic carbocycles. The first kappa shape index (κ1) is 21.1. The van der Waals surface area contributed by atoms with E-state index in [9.17, 15) is 18.5 Å². The summed E-state index contributed by atoms with van der Waals surface area (Å²) in [6, 6.07) is 8.94. The lowest BCUT2D eigenvalue weighted by Crippen LogP contribution is -2.31. The third-order valence-electron chi connectivity index (χ3n) is 3.72. The molecular formula is C17H21ClN4O4S. The maximum atomic E-state index is 12.4. The molecule has 0 spiro atoms. The molecule has 146 valence electrons. The number of aryl methyl sites for hydroxylation is 1. The molecule has 0 saturated carbocycles. The van der Waals surface area contributed by atoms with E-state index in [0.717, 1.165) is 11.6 Å². The van der Waals surface area contributed by atoms with Crippen molar-refractivity contribution in [3.63, 3.8) is 0 Å². The number of nitrogens with one attached hydrogen (secondary N) is 2. The zero-order valence-electron chi connectivity index (χ0n) is 15.2. The van der Waals surface area contributed by atoms with Crippen LogP contribution >= 0.6 is 11.6 Å². The Morgan fingerprint density at radius 1 is 1.15 bits per heavy atom. The van der Waals surface area contributed by atoms with Crippen molar-refractivity contribution in [2.24, 2.45) is 0 Å². The Bertz CT molecular complexity index is 948. The summed E-state index contributed by atoms with van der Waals surface area (Å²) in [6.45, 7) is 2.58. The van der Waals surface area contributed by atoms with Crippen molar-refractivity contribution in [2.75, 3.05) is 32.5 Å². The van der Waals surface area contributed by atoms with Gasteiger partial charge < -0.3 is 10.2 Å². The number of anilines is 2. The van der Waals surface area contributed by atoms with Crippen LogP contribution in [-0.2, 0) is 10.0 Å². The van der Waals surface area contributed by atoms with Crippen LogP contribution in [0.1, 0.15) is 5.56 Å². The summed E-state index contributed by atoms with van der Waals surface area (Å²) in [6.07, 6.45) is 0. The molecule has 0 heterocycles. The summed E-state index contributed by atoms with van der Waals surface area (Å²) in [5.41, 5.74) is 1.23. The minimum atomic E-state index is -3.85. The van der Waals surface area contributed by atoms with Crippen LogP contribution < -0.4 is 10.0 Å². The van der Waals surface area contributed by atoms with Crippen LogP contribution in [-0.4, -0.2) is 45.4 Å². The molecule has 0 bridgehead atoms. The predicted molar refractivity (Wildman–Crippen MR) is 106 cm³/mol. The quantitative estimate of drug-likeness (QED) is 0.509. The van der Waals surface area contributed by atoms with E-state index >= 15 is 0 Å². The molecule has 8 nitrogen and oxygen atoms in total. The summed E-state index contributed by atoms with van der Waals surface area (Å²) in [5.74, 6) is 0. The predicted octanol–water partition coefficient (Wildman–Crippen LogP) is 3.14. The molecule has 0 atom stereocenters. The molecule has 10 heteroatoms. The molecule has 0 unspecified atom stereocenters. The van der Waals surface area contributed by atoms with E-state index in [2.05, 4.69) is 10.0 Å². The number of nitro benzene ring substituents is 1. The zero-order chi connectivity index (χ0) is 20.2. The molecule has 2 rings (SSSR count). The van der Waals surface area contributed by atoms with Gasteiger partial charge >= 0.3 is 0 Å². The zero-order valence-corrected chi connectivity index (χ0v) is 16.8. The van der Waals surface area contributed by atoms with Gasteiger partial charge in [-0.25, -0.2) is 13.1 Å². The van der Waals surface area contributed by atoms with Crippen LogP contribution in [0.3, 0.4) is 0 Å². The van der Waals surface area contributed by atoms with Crippen molar-refractivity contribution in [3.8, 4) is 0 Å². The number of likely N-dealkylation sites (N-methyl/N-ethyl adjacent to an activating group) is 1. The molecule has 0 amide bonds. The number of hydrogen-bond acceptors (Lipinski definition) is 6. The smallest absolute Gasteiger partial charge is 0.294 e. The molecule has 0 aliphatic carbocycles. The van der Waals surface area contributed by atoms with Gasteiger partial charge in [-0.3, -0.25) is 10.1 Å². The molecule has 0 aliphatic rings. The van der Waals surface area contributed by atoms with Gasteiger partial charge in [0.25, 0.3) is 5.69 Å². The Morgan fingerprint density at radius 3 is 2.41 bits per heavy atom. The van der Waals surface area contributed by atoms with Crippen molar-refractivity contribution >= 4 is 38.7 Å². The molecule has 0 fully saturated rings. The number of nitrogens with zero attached hydrogens (tertiary/aromatic N) is 2. The lowest BCUT2D eigenvalue weighted by Gasteiger charge is -2.13. The van der Waals surface area contributed by atoms with Gasteiger partial charge in [0.05, 0.1) is 20.5 Å². The third kappa shape index (κ3) is 5.64. The van der Waals surface area contributed by atoms with E-state index in [1.807, 2.05) is 32.0 Å². The van der Waals surface area contributed by atoms with Gasteiger partial charge in [0.15, 0.2) is 0 Å². The maximum absolute atomic E-state index is 12.4. The second-order valence-corrected chi connectivity index (χ2v) is 8.42. The molecule has 0 aliphatic heterocycles. The fourth-order valence-electron chi connectivity index (χ4n) is 2.29. The Balaban J connectivity index is 2.32. The average Bonchev–Trinajstić information content (AvgIpc) is 2.56. The second kappa shape index (κ2) is 8.66. The van der Waals surface area contributed by atoms with Gasteiger partial charge in [-0.05, 0) is 50.8 Å². The first-order chi connectivity index (χ1) is 12.6. The van der Waals surface area contributed by atoms with Crippen molar-refractivity contribution in [1.82, 2.24) is 9.62 Å². The fraction of sp³-hybridized carbons (Fsp3) is 0.294. The van der Waals surface area contributed by atoms with Crippen LogP contribution in [0.4, 0.5) is 17.1 Å². The molecule has 27 heavy (non-hydrogen) atoms. The fourth-order valence-corrected chi connectivity index (χ4v) is 3.61. The van der Waals surface area contributed by atoms with Gasteiger partial charge in [0.2, 0.25) is 10.0 Å². The number of rotatable bonds is 8. The topological polar surface area (TPSA) is 105 Å². The van der Waals surface area contributed by atoms with E-state index in [-0.39, 0.29) is 22.8 Å². The minimum absolute atomic E-state index is 0.151. The molecule has 2 N–H and O–H groups in total. The summed E-state index contributed by atoms with van der Waals surface area (Å²) in [7, 11) is -0.220. The molecule has 0 aromatic heterocycles. The van der Waals surface area contributed by atoms with E-state index in [4.69, 9.17) is 11.6 Å². The SMILES string of the molecule is Cc1ccc(Nc2ccc(S(=O)(=O)NCCN(C)C)cc2[N+](=O)[O-])c(Cl)c1. The Kier molecular flexibility index (Phi) is 6.77. The van der Waals surface area contributed by atoms with Gasteiger partial charge in [-0.1, -0.05) is 17.7 Å². The van der Waals surface area contributed by atoms with Crippen molar-refractivity contribution in [1.29, 1.82) is 0 Å². The van der Waals surface area contributed by atoms with Crippen molar-refractivity contribution < 1.29 is 13.3 Å². The van der Waals surface area contributed by atoms with Gasteiger partial charge in [-0.2, -0.15) is 0 Å². The highest BCUT2D eigenvalue weighted by Crippen LogP contribution is 2.33. The lowest BCUT2D eigenvalue weighted by molar-refractivity contribution is -0.384. The molecule has 0 radical (unpaired) electrons. The first-order valence-corrected chi connectivity index (χ1v) is 9.92. The second-order valence-electron chi connectivity index (χ2n) is 6.25. The van der Waals surface area contributed by atoms with Crippen molar-refractivity contribution in [3.05, 3.63) is 57.1 Å². The van der Waals surface area contributed by atoms with Crippen LogP contribution in [0.15, 0.2) is 41.3 Å². The van der Waals surface area contributed by atoms with E-state index in [1.54, 1.807) is 12.1 Å². The monoisotopic (exact) mass is 412 g/mol. The standard InChI is InChI=1S/C17H21ClN4O4S/c1-12-4-6-15(14(18)10-12)20-16-7-5-13(11-17(16)22(23)24)27(25,26)19-8-9-21(2)3/h4-7,10-11,19-20H,8-9H2,1-3H3. The summed E-state index contributed by atoms with van der Waals surface area (Å²) in [4.78, 5) is 12.5. The number of hydrogen-bond donors (Lipinski definition) is 2. The number of nitro groups is 1. The highest BCUT2D eigenvalue weighted by Gasteiger charge is 2.21. The minimum Gasteiger partial charge on any atom is -0.349 e. The lowest BCUT2D eigenvalue weighted by atomic mass is 10.2. The molecular weight excluding hydrogens is 392 g/mol.